The summed E-state index contributed by atoms with van der Waals surface area (Å²) in [4.78, 5) is 41.5. The maximum absolute atomic E-state index is 13.0. The molecule has 4 atom stereocenters. The number of carboxylic acids is 1. The molecule has 12 heteroatoms. The molecule has 194 valence electrons. The van der Waals surface area contributed by atoms with Gasteiger partial charge in [-0.1, -0.05) is 12.0 Å². The Balaban J connectivity index is 1.33. The first-order valence-corrected chi connectivity index (χ1v) is 11.7. The molecule has 0 bridgehead atoms. The summed E-state index contributed by atoms with van der Waals surface area (Å²) in [6, 6.07) is 10.4. The van der Waals surface area contributed by atoms with Crippen LogP contribution in [0.25, 0.3) is 10.4 Å². The number of piperidine rings is 1. The lowest BCUT2D eigenvalue weighted by Crippen LogP contribution is -2.48. The van der Waals surface area contributed by atoms with Crippen molar-refractivity contribution in [2.24, 2.45) is 16.4 Å². The van der Waals surface area contributed by atoms with Crippen LogP contribution in [0.4, 0.5) is 4.39 Å². The molecule has 0 aromatic heterocycles. The van der Waals surface area contributed by atoms with E-state index in [1.54, 1.807) is 12.1 Å². The van der Waals surface area contributed by atoms with E-state index in [1.165, 1.54) is 41.3 Å². The summed E-state index contributed by atoms with van der Waals surface area (Å²) in [6.45, 7) is 2.22. The van der Waals surface area contributed by atoms with Crippen LogP contribution in [0.3, 0.4) is 0 Å². The van der Waals surface area contributed by atoms with E-state index in [9.17, 15) is 23.9 Å². The number of nitrogens with one attached hydrogen (secondary N) is 1. The minimum atomic E-state index is -1.11. The van der Waals surface area contributed by atoms with Gasteiger partial charge in [-0.3, -0.25) is 9.59 Å². The van der Waals surface area contributed by atoms with Crippen molar-refractivity contribution in [1.29, 1.82) is 0 Å². The zero-order valence-corrected chi connectivity index (χ0v) is 20.0. The van der Waals surface area contributed by atoms with Gasteiger partial charge in [0.2, 0.25) is 5.91 Å². The second-order valence-corrected chi connectivity index (χ2v) is 9.10. The Hall–Kier alpha value is -4.15. The van der Waals surface area contributed by atoms with Gasteiger partial charge < -0.3 is 24.8 Å². The molecule has 1 aliphatic heterocycles. The smallest absolute Gasteiger partial charge is 0.326 e. The zero-order valence-electron chi connectivity index (χ0n) is 20.0. The molecule has 1 unspecified atom stereocenters. The summed E-state index contributed by atoms with van der Waals surface area (Å²) < 4.78 is 24.2. The van der Waals surface area contributed by atoms with Crippen molar-refractivity contribution < 1.29 is 33.4 Å². The van der Waals surface area contributed by atoms with E-state index in [2.05, 4.69) is 15.3 Å². The van der Waals surface area contributed by atoms with Crippen LogP contribution < -0.4 is 10.1 Å². The number of amides is 2. The van der Waals surface area contributed by atoms with E-state index in [4.69, 9.17) is 15.0 Å². The lowest BCUT2D eigenvalue weighted by molar-refractivity contribution is -0.149. The Morgan fingerprint density at radius 2 is 1.84 bits per heavy atom. The van der Waals surface area contributed by atoms with Gasteiger partial charge in [0.05, 0.1) is 19.8 Å². The number of benzene rings is 2. The summed E-state index contributed by atoms with van der Waals surface area (Å²) in [6.07, 6.45) is 0.255. The van der Waals surface area contributed by atoms with E-state index in [1.807, 2.05) is 6.92 Å². The molecule has 1 saturated heterocycles. The maximum Gasteiger partial charge on any atom is 0.326 e. The molecule has 2 aliphatic rings. The predicted octanol–water partition coefficient (Wildman–Crippen LogP) is 3.36. The standard InChI is InChI=1S/C25H26FN5O6/c1-15-22-25(15,14-36-11-10-29-30-27)12-20(24(34)35)31(22)21(32)13-28-23(33)16-2-6-18(7-3-16)37-19-8-4-17(26)5-9-19/h2-9,15,20,22H,10-14H2,1H3,(H,28,33)(H,34,35)/t15-,20?,22+,25+/m1/s1. The molecule has 1 saturated carbocycles. The van der Waals surface area contributed by atoms with Crippen molar-refractivity contribution in [3.63, 3.8) is 0 Å². The lowest BCUT2D eigenvalue weighted by atomic mass is 9.97. The van der Waals surface area contributed by atoms with E-state index in [0.717, 1.165) is 0 Å². The Morgan fingerprint density at radius 1 is 1.19 bits per heavy atom. The molecule has 4 rings (SSSR count). The lowest BCUT2D eigenvalue weighted by Gasteiger charge is -2.26. The predicted molar refractivity (Wildman–Crippen MR) is 128 cm³/mol. The normalized spacial score (nSPS) is 23.5. The summed E-state index contributed by atoms with van der Waals surface area (Å²) in [7, 11) is 0. The van der Waals surface area contributed by atoms with Crippen LogP contribution in [0.2, 0.25) is 0 Å². The number of nitrogens with zero attached hydrogens (tertiary/aromatic N) is 4. The minimum Gasteiger partial charge on any atom is -0.480 e. The second-order valence-electron chi connectivity index (χ2n) is 9.10. The van der Waals surface area contributed by atoms with Gasteiger partial charge in [0.1, 0.15) is 23.4 Å². The number of hydrogen-bond donors (Lipinski definition) is 2. The molecule has 0 radical (unpaired) electrons. The molecular weight excluding hydrogens is 485 g/mol. The number of carbonyl (C=O) groups is 3. The van der Waals surface area contributed by atoms with Crippen molar-refractivity contribution in [2.45, 2.75) is 25.4 Å². The van der Waals surface area contributed by atoms with Gasteiger partial charge in [-0.05, 0) is 66.4 Å². The van der Waals surface area contributed by atoms with Gasteiger partial charge in [0.15, 0.2) is 0 Å². The highest BCUT2D eigenvalue weighted by Crippen LogP contribution is 2.64. The number of carbonyl (C=O) groups excluding carboxylic acids is 2. The van der Waals surface area contributed by atoms with Gasteiger partial charge in [-0.15, -0.1) is 0 Å². The van der Waals surface area contributed by atoms with E-state index in [0.29, 0.717) is 11.5 Å². The number of likely N-dealkylation sites (tertiary alicyclic amines) is 1. The van der Waals surface area contributed by atoms with Gasteiger partial charge in [-0.25, -0.2) is 9.18 Å². The average Bonchev–Trinajstić information content (AvgIpc) is 3.26. The highest BCUT2D eigenvalue weighted by atomic mass is 19.1. The van der Waals surface area contributed by atoms with Crippen molar-refractivity contribution in [2.75, 3.05) is 26.3 Å². The fraction of sp³-hybridized carbons (Fsp3) is 0.400. The Morgan fingerprint density at radius 3 is 2.46 bits per heavy atom. The van der Waals surface area contributed by atoms with Crippen molar-refractivity contribution in [3.05, 3.63) is 70.4 Å². The molecule has 2 amide bonds. The van der Waals surface area contributed by atoms with Crippen molar-refractivity contribution in [1.82, 2.24) is 10.2 Å². The van der Waals surface area contributed by atoms with Crippen LogP contribution in [-0.4, -0.2) is 66.2 Å². The molecule has 2 N–H and O–H groups in total. The number of azide groups is 1. The molecule has 2 aromatic rings. The van der Waals surface area contributed by atoms with Crippen molar-refractivity contribution >= 4 is 17.8 Å². The Bertz CT molecular complexity index is 1220. The fourth-order valence-electron chi connectivity index (χ4n) is 5.04. The highest BCUT2D eigenvalue weighted by molar-refractivity contribution is 5.97. The van der Waals surface area contributed by atoms with Crippen LogP contribution in [0.15, 0.2) is 53.6 Å². The number of rotatable bonds is 11. The number of hydrogen-bond acceptors (Lipinski definition) is 6. The average molecular weight is 512 g/mol. The number of carboxylic acid groups (broad SMARTS) is 1. The van der Waals surface area contributed by atoms with Crippen molar-refractivity contribution in [3.8, 4) is 11.5 Å². The third-order valence-electron chi connectivity index (χ3n) is 6.98. The summed E-state index contributed by atoms with van der Waals surface area (Å²) in [5.41, 5.74) is 8.17. The van der Waals surface area contributed by atoms with Crippen LogP contribution >= 0.6 is 0 Å². The first-order chi connectivity index (χ1) is 17.8. The van der Waals surface area contributed by atoms with E-state index < -0.39 is 29.2 Å². The quantitative estimate of drug-likeness (QED) is 0.204. The van der Waals surface area contributed by atoms with Crippen LogP contribution in [0, 0.1) is 17.2 Å². The zero-order chi connectivity index (χ0) is 26.6. The number of fused-ring (bicyclic) bond motifs is 1. The second kappa shape index (κ2) is 10.9. The maximum atomic E-state index is 13.0. The Kier molecular flexibility index (Phi) is 7.61. The summed E-state index contributed by atoms with van der Waals surface area (Å²) in [5.74, 6) is -1.54. The van der Waals surface area contributed by atoms with Gasteiger partial charge in [0.25, 0.3) is 5.91 Å². The molecular formula is C25H26FN5O6. The summed E-state index contributed by atoms with van der Waals surface area (Å²) in [5, 5.41) is 15.7. The molecule has 1 heterocycles. The molecule has 2 aromatic carbocycles. The molecule has 0 spiro atoms. The third-order valence-corrected chi connectivity index (χ3v) is 6.98. The van der Waals surface area contributed by atoms with Crippen LogP contribution in [0.5, 0.6) is 11.5 Å². The fourth-order valence-corrected chi connectivity index (χ4v) is 5.04. The van der Waals surface area contributed by atoms with E-state index in [-0.39, 0.29) is 56.1 Å². The number of aliphatic carboxylic acids is 1. The highest BCUT2D eigenvalue weighted by Gasteiger charge is 2.72. The molecule has 1 aliphatic carbocycles. The first kappa shape index (κ1) is 25.9. The largest absolute Gasteiger partial charge is 0.480 e. The van der Waals surface area contributed by atoms with Gasteiger partial charge in [-0.2, -0.15) is 0 Å². The molecule has 37 heavy (non-hydrogen) atoms. The monoisotopic (exact) mass is 511 g/mol. The SMILES string of the molecule is C[C@@H]1[C@@H]2N(C(=O)CNC(=O)c3ccc(Oc4ccc(F)cc4)cc3)C(C(=O)O)C[C@]12COCCN=[N+]=[N-]. The molecule has 11 nitrogen and oxygen atoms in total. The van der Waals surface area contributed by atoms with Crippen LogP contribution in [0.1, 0.15) is 23.7 Å². The topological polar surface area (TPSA) is 154 Å². The van der Waals surface area contributed by atoms with Gasteiger partial charge >= 0.3 is 5.97 Å². The van der Waals surface area contributed by atoms with Crippen LogP contribution in [-0.2, 0) is 14.3 Å². The van der Waals surface area contributed by atoms with E-state index >= 15 is 0 Å². The minimum absolute atomic E-state index is 0.0378. The summed E-state index contributed by atoms with van der Waals surface area (Å²) >= 11 is 0. The Labute approximate surface area is 211 Å². The number of halogens is 1. The van der Waals surface area contributed by atoms with Gasteiger partial charge in [0, 0.05) is 28.5 Å². The first-order valence-electron chi connectivity index (χ1n) is 11.7. The number of ether oxygens (including phenoxy) is 2. The molecule has 2 fully saturated rings. The third kappa shape index (κ3) is 5.50.